The molecule has 1 fully saturated rings. The number of halogens is 2. The number of aromatic nitrogens is 2. The smallest absolute Gasteiger partial charge is 0.255 e. The monoisotopic (exact) mass is 488 g/mol. The quantitative estimate of drug-likeness (QED) is 0.535. The summed E-state index contributed by atoms with van der Waals surface area (Å²) >= 11 is 9.48. The van der Waals surface area contributed by atoms with E-state index in [-0.39, 0.29) is 23.9 Å². The van der Waals surface area contributed by atoms with Crippen LogP contribution in [0.3, 0.4) is 0 Å². The molecular formula is C22H22BrClN4O2. The Morgan fingerprint density at radius 1 is 1.30 bits per heavy atom. The van der Waals surface area contributed by atoms with Crippen molar-refractivity contribution in [1.29, 1.82) is 0 Å². The molecule has 8 heteroatoms. The summed E-state index contributed by atoms with van der Waals surface area (Å²) in [5.41, 5.74) is 2.65. The Labute approximate surface area is 188 Å². The number of imidazole rings is 1. The second kappa shape index (κ2) is 8.40. The van der Waals surface area contributed by atoms with Gasteiger partial charge < -0.3 is 15.2 Å². The minimum Gasteiger partial charge on any atom is -0.342 e. The lowest BCUT2D eigenvalue weighted by molar-refractivity contribution is 0.0745. The number of likely N-dealkylation sites (tertiary alicyclic amines) is 1. The Kier molecular flexibility index (Phi) is 5.84. The van der Waals surface area contributed by atoms with E-state index < -0.39 is 0 Å². The fraction of sp³-hybridized carbons (Fsp3) is 0.318. The first-order valence-electron chi connectivity index (χ1n) is 9.90. The van der Waals surface area contributed by atoms with E-state index >= 15 is 0 Å². The van der Waals surface area contributed by atoms with Gasteiger partial charge in [-0.15, -0.1) is 0 Å². The number of nitrogens with zero attached hydrogens (tertiary/aromatic N) is 2. The van der Waals surface area contributed by atoms with Gasteiger partial charge in [-0.1, -0.05) is 11.6 Å². The van der Waals surface area contributed by atoms with E-state index in [4.69, 9.17) is 11.6 Å². The second-order valence-corrected chi connectivity index (χ2v) is 8.95. The largest absolute Gasteiger partial charge is 0.342 e. The van der Waals surface area contributed by atoms with Gasteiger partial charge in [0, 0.05) is 27.6 Å². The minimum absolute atomic E-state index is 0.00635. The summed E-state index contributed by atoms with van der Waals surface area (Å²) in [6.45, 7) is 4.70. The minimum atomic E-state index is -0.325. The maximum atomic E-state index is 12.8. The molecule has 1 aliphatic rings. The van der Waals surface area contributed by atoms with Crippen molar-refractivity contribution in [2.45, 2.75) is 38.8 Å². The van der Waals surface area contributed by atoms with E-state index in [2.05, 4.69) is 38.1 Å². The average Bonchev–Trinajstić information content (AvgIpc) is 3.33. The Bertz CT molecular complexity index is 1130. The highest BCUT2D eigenvalue weighted by atomic mass is 79.9. The summed E-state index contributed by atoms with van der Waals surface area (Å²) in [6, 6.07) is 10.4. The molecule has 4 rings (SSSR count). The zero-order valence-electron chi connectivity index (χ0n) is 16.7. The van der Waals surface area contributed by atoms with Crippen LogP contribution in [0.15, 0.2) is 40.9 Å². The molecule has 0 saturated carbocycles. The molecule has 1 aliphatic heterocycles. The highest BCUT2D eigenvalue weighted by Gasteiger charge is 2.27. The molecule has 0 radical (unpaired) electrons. The van der Waals surface area contributed by atoms with E-state index in [0.717, 1.165) is 30.4 Å². The lowest BCUT2D eigenvalue weighted by Gasteiger charge is -2.22. The van der Waals surface area contributed by atoms with Gasteiger partial charge in [-0.2, -0.15) is 0 Å². The summed E-state index contributed by atoms with van der Waals surface area (Å²) in [5, 5.41) is 3.56. The van der Waals surface area contributed by atoms with Gasteiger partial charge in [-0.3, -0.25) is 9.59 Å². The highest BCUT2D eigenvalue weighted by Crippen LogP contribution is 2.25. The first kappa shape index (κ1) is 20.9. The molecule has 0 spiro atoms. The summed E-state index contributed by atoms with van der Waals surface area (Å²) in [5.74, 6) is 0.401. The third kappa shape index (κ3) is 4.09. The molecule has 0 unspecified atom stereocenters. The molecule has 2 amide bonds. The molecule has 2 atom stereocenters. The molecule has 1 aromatic heterocycles. The number of amides is 2. The standard InChI is InChI=1S/C22H22BrClN4O2/c1-12-4-3-9-28(12)22(30)16-7-5-14(10-17(16)23)21(29)25-13(2)20-26-18-8-6-15(24)11-19(18)27-20/h5-8,10-13H,3-4,9H2,1-2H3,(H,25,29)(H,26,27)/t12-,13-/m0/s1. The predicted molar refractivity (Wildman–Crippen MR) is 121 cm³/mol. The maximum absolute atomic E-state index is 12.8. The van der Waals surface area contributed by atoms with E-state index in [0.29, 0.717) is 26.4 Å². The Morgan fingerprint density at radius 3 is 2.80 bits per heavy atom. The number of rotatable bonds is 4. The fourth-order valence-electron chi connectivity index (χ4n) is 3.77. The summed E-state index contributed by atoms with van der Waals surface area (Å²) in [6.07, 6.45) is 2.05. The Balaban J connectivity index is 1.48. The van der Waals surface area contributed by atoms with Crippen LogP contribution in [0.5, 0.6) is 0 Å². The number of hydrogen-bond donors (Lipinski definition) is 2. The Hall–Kier alpha value is -2.38. The lowest BCUT2D eigenvalue weighted by Crippen LogP contribution is -2.34. The third-order valence-electron chi connectivity index (χ3n) is 5.50. The van der Waals surface area contributed by atoms with Crippen LogP contribution in [0.2, 0.25) is 5.02 Å². The zero-order chi connectivity index (χ0) is 21.4. The average molecular weight is 490 g/mol. The first-order chi connectivity index (χ1) is 14.3. The van der Waals surface area contributed by atoms with Crippen LogP contribution in [0.4, 0.5) is 0 Å². The van der Waals surface area contributed by atoms with Crippen LogP contribution in [0, 0.1) is 0 Å². The van der Waals surface area contributed by atoms with Crippen LogP contribution in [-0.4, -0.2) is 39.3 Å². The van der Waals surface area contributed by atoms with Gasteiger partial charge in [0.25, 0.3) is 11.8 Å². The van der Waals surface area contributed by atoms with Gasteiger partial charge in [-0.25, -0.2) is 4.98 Å². The molecule has 3 aromatic rings. The maximum Gasteiger partial charge on any atom is 0.255 e. The van der Waals surface area contributed by atoms with E-state index in [1.54, 1.807) is 30.3 Å². The summed E-state index contributed by atoms with van der Waals surface area (Å²) in [4.78, 5) is 35.2. The highest BCUT2D eigenvalue weighted by molar-refractivity contribution is 9.10. The number of fused-ring (bicyclic) bond motifs is 1. The molecule has 2 heterocycles. The van der Waals surface area contributed by atoms with E-state index in [1.807, 2.05) is 17.9 Å². The third-order valence-corrected chi connectivity index (χ3v) is 6.39. The number of carbonyl (C=O) groups excluding carboxylic acids is 2. The first-order valence-corrected chi connectivity index (χ1v) is 11.1. The second-order valence-electron chi connectivity index (χ2n) is 7.66. The van der Waals surface area contributed by atoms with Crippen molar-refractivity contribution in [3.8, 4) is 0 Å². The van der Waals surface area contributed by atoms with Gasteiger partial charge in [0.15, 0.2) is 0 Å². The van der Waals surface area contributed by atoms with E-state index in [1.165, 1.54) is 0 Å². The number of benzene rings is 2. The van der Waals surface area contributed by atoms with Gasteiger partial charge >= 0.3 is 0 Å². The van der Waals surface area contributed by atoms with Crippen molar-refractivity contribution in [1.82, 2.24) is 20.2 Å². The fourth-order valence-corrected chi connectivity index (χ4v) is 4.49. The SMILES string of the molecule is C[C@H](NC(=O)c1ccc(C(=O)N2CCC[C@@H]2C)c(Br)c1)c1nc2cc(Cl)ccc2[nH]1. The summed E-state index contributed by atoms with van der Waals surface area (Å²) in [7, 11) is 0. The number of hydrogen-bond acceptors (Lipinski definition) is 3. The van der Waals surface area contributed by atoms with Crippen LogP contribution >= 0.6 is 27.5 Å². The topological polar surface area (TPSA) is 78.1 Å². The zero-order valence-corrected chi connectivity index (χ0v) is 19.0. The van der Waals surface area contributed by atoms with Crippen molar-refractivity contribution in [3.63, 3.8) is 0 Å². The van der Waals surface area contributed by atoms with E-state index in [9.17, 15) is 9.59 Å². The molecule has 0 bridgehead atoms. The molecular weight excluding hydrogens is 468 g/mol. The molecule has 2 aromatic carbocycles. The Morgan fingerprint density at radius 2 is 2.10 bits per heavy atom. The molecule has 2 N–H and O–H groups in total. The van der Waals surface area contributed by atoms with Crippen LogP contribution in [-0.2, 0) is 0 Å². The molecule has 1 saturated heterocycles. The van der Waals surface area contributed by atoms with Gasteiger partial charge in [0.1, 0.15) is 5.82 Å². The van der Waals surface area contributed by atoms with Gasteiger partial charge in [-0.05, 0) is 79.0 Å². The number of carbonyl (C=O) groups is 2. The van der Waals surface area contributed by atoms with Crippen molar-refractivity contribution in [2.24, 2.45) is 0 Å². The lowest BCUT2D eigenvalue weighted by atomic mass is 10.1. The molecule has 30 heavy (non-hydrogen) atoms. The van der Waals surface area contributed by atoms with Crippen molar-refractivity contribution < 1.29 is 9.59 Å². The number of H-pyrrole nitrogens is 1. The molecule has 0 aliphatic carbocycles. The van der Waals surface area contributed by atoms with Crippen molar-refractivity contribution >= 4 is 50.4 Å². The normalized spacial score (nSPS) is 17.3. The van der Waals surface area contributed by atoms with Crippen LogP contribution < -0.4 is 5.32 Å². The predicted octanol–water partition coefficient (Wildman–Crippen LogP) is 5.09. The van der Waals surface area contributed by atoms with Crippen LogP contribution in [0.1, 0.15) is 59.3 Å². The van der Waals surface area contributed by atoms with Gasteiger partial charge in [0.2, 0.25) is 0 Å². The number of aromatic amines is 1. The molecule has 156 valence electrons. The molecule has 6 nitrogen and oxygen atoms in total. The van der Waals surface area contributed by atoms with Crippen LogP contribution in [0.25, 0.3) is 11.0 Å². The van der Waals surface area contributed by atoms with Crippen molar-refractivity contribution in [2.75, 3.05) is 6.54 Å². The summed E-state index contributed by atoms with van der Waals surface area (Å²) < 4.78 is 0.616. The van der Waals surface area contributed by atoms with Gasteiger partial charge in [0.05, 0.1) is 22.6 Å². The number of nitrogens with one attached hydrogen (secondary N) is 2. The van der Waals surface area contributed by atoms with Crippen molar-refractivity contribution in [3.05, 3.63) is 62.8 Å².